The third-order valence-electron chi connectivity index (χ3n) is 3.29. The van der Waals surface area contributed by atoms with Crippen molar-refractivity contribution in [1.82, 2.24) is 4.90 Å². The Hall–Kier alpha value is -0.300. The molecule has 1 heteroatoms. The van der Waals surface area contributed by atoms with E-state index in [2.05, 4.69) is 31.7 Å². The van der Waals surface area contributed by atoms with Crippen molar-refractivity contribution in [2.24, 2.45) is 5.92 Å². The minimum absolute atomic E-state index is 0.353. The standard InChI is InChI=1S/C12H21N/c1-12(2,3)13-8-6-11(7-9-13)10-4-5-10/h6,10H,4-5,7-9H2,1-3H3. The smallest absolute Gasteiger partial charge is 0.0171 e. The quantitative estimate of drug-likeness (QED) is 0.559. The van der Waals surface area contributed by atoms with E-state index in [1.165, 1.54) is 32.4 Å². The molecule has 1 saturated carbocycles. The molecule has 13 heavy (non-hydrogen) atoms. The summed E-state index contributed by atoms with van der Waals surface area (Å²) in [7, 11) is 0. The van der Waals surface area contributed by atoms with Gasteiger partial charge in [-0.15, -0.1) is 0 Å². The molecule has 1 nitrogen and oxygen atoms in total. The summed E-state index contributed by atoms with van der Waals surface area (Å²) in [6.07, 6.45) is 6.72. The van der Waals surface area contributed by atoms with Crippen LogP contribution in [0.3, 0.4) is 0 Å². The lowest BCUT2D eigenvalue weighted by molar-refractivity contribution is 0.148. The SMILES string of the molecule is CC(C)(C)N1CC=C(C2CC2)CC1. The molecule has 1 aliphatic heterocycles. The van der Waals surface area contributed by atoms with Crippen LogP contribution in [0.1, 0.15) is 40.0 Å². The van der Waals surface area contributed by atoms with Gasteiger partial charge in [-0.3, -0.25) is 4.90 Å². The van der Waals surface area contributed by atoms with Crippen LogP contribution in [0, 0.1) is 5.92 Å². The molecule has 0 N–H and O–H groups in total. The molecule has 0 bridgehead atoms. The second kappa shape index (κ2) is 3.13. The lowest BCUT2D eigenvalue weighted by atomic mass is 9.98. The maximum atomic E-state index is 2.57. The third-order valence-corrected chi connectivity index (χ3v) is 3.29. The molecule has 0 saturated heterocycles. The lowest BCUT2D eigenvalue weighted by Gasteiger charge is -2.37. The van der Waals surface area contributed by atoms with Crippen LogP contribution >= 0.6 is 0 Å². The van der Waals surface area contributed by atoms with E-state index < -0.39 is 0 Å². The van der Waals surface area contributed by atoms with Crippen LogP contribution in [0.15, 0.2) is 11.6 Å². The van der Waals surface area contributed by atoms with E-state index in [4.69, 9.17) is 0 Å². The van der Waals surface area contributed by atoms with Crippen LogP contribution in [-0.2, 0) is 0 Å². The highest BCUT2D eigenvalue weighted by atomic mass is 15.2. The van der Waals surface area contributed by atoms with Crippen LogP contribution in [0.25, 0.3) is 0 Å². The molecule has 0 aromatic heterocycles. The van der Waals surface area contributed by atoms with Gasteiger partial charge in [-0.2, -0.15) is 0 Å². The summed E-state index contributed by atoms with van der Waals surface area (Å²) in [4.78, 5) is 2.57. The molecule has 2 aliphatic rings. The average Bonchev–Trinajstić information content (AvgIpc) is 2.85. The summed E-state index contributed by atoms with van der Waals surface area (Å²) in [5, 5.41) is 0. The first kappa shape index (κ1) is 9.26. The molecule has 1 fully saturated rings. The van der Waals surface area contributed by atoms with Gasteiger partial charge in [-0.05, 0) is 46.0 Å². The summed E-state index contributed by atoms with van der Waals surface area (Å²) >= 11 is 0. The Balaban J connectivity index is 1.94. The fraction of sp³-hybridized carbons (Fsp3) is 0.833. The molecule has 2 rings (SSSR count). The van der Waals surface area contributed by atoms with Gasteiger partial charge >= 0.3 is 0 Å². The first-order chi connectivity index (χ1) is 6.07. The Morgan fingerprint density at radius 1 is 1.31 bits per heavy atom. The van der Waals surface area contributed by atoms with Gasteiger partial charge in [0.25, 0.3) is 0 Å². The largest absolute Gasteiger partial charge is 0.295 e. The fourth-order valence-electron chi connectivity index (χ4n) is 2.12. The summed E-state index contributed by atoms with van der Waals surface area (Å²) in [5.41, 5.74) is 2.10. The Morgan fingerprint density at radius 2 is 2.00 bits per heavy atom. The number of hydrogen-bond acceptors (Lipinski definition) is 1. The van der Waals surface area contributed by atoms with Crippen molar-refractivity contribution in [3.8, 4) is 0 Å². The molecule has 1 heterocycles. The molecule has 0 spiro atoms. The average molecular weight is 179 g/mol. The monoisotopic (exact) mass is 179 g/mol. The first-order valence-electron chi connectivity index (χ1n) is 5.51. The van der Waals surface area contributed by atoms with E-state index in [-0.39, 0.29) is 0 Å². The van der Waals surface area contributed by atoms with Crippen LogP contribution in [0.2, 0.25) is 0 Å². The van der Waals surface area contributed by atoms with Crippen LogP contribution in [0.4, 0.5) is 0 Å². The highest BCUT2D eigenvalue weighted by Crippen LogP contribution is 2.39. The Bertz CT molecular complexity index is 218. The summed E-state index contributed by atoms with van der Waals surface area (Å²) in [6.45, 7) is 9.37. The highest BCUT2D eigenvalue weighted by molar-refractivity contribution is 5.16. The molecular formula is C12H21N. The van der Waals surface area contributed by atoms with Crippen LogP contribution in [-0.4, -0.2) is 23.5 Å². The predicted molar refractivity (Wildman–Crippen MR) is 56.8 cm³/mol. The molecular weight excluding hydrogens is 158 g/mol. The second-order valence-corrected chi connectivity index (χ2v) is 5.42. The van der Waals surface area contributed by atoms with E-state index in [0.717, 1.165) is 5.92 Å². The van der Waals surface area contributed by atoms with Crippen molar-refractivity contribution in [1.29, 1.82) is 0 Å². The normalized spacial score (nSPS) is 25.9. The topological polar surface area (TPSA) is 3.24 Å². The first-order valence-corrected chi connectivity index (χ1v) is 5.51. The zero-order valence-electron chi connectivity index (χ0n) is 9.14. The lowest BCUT2D eigenvalue weighted by Crippen LogP contribution is -2.43. The number of rotatable bonds is 1. The van der Waals surface area contributed by atoms with Gasteiger partial charge in [0.1, 0.15) is 0 Å². The van der Waals surface area contributed by atoms with E-state index in [1.54, 1.807) is 5.57 Å². The van der Waals surface area contributed by atoms with Crippen molar-refractivity contribution in [3.05, 3.63) is 11.6 Å². The van der Waals surface area contributed by atoms with Gasteiger partial charge in [-0.25, -0.2) is 0 Å². The summed E-state index contributed by atoms with van der Waals surface area (Å²) in [5.74, 6) is 0.988. The fourth-order valence-corrected chi connectivity index (χ4v) is 2.12. The second-order valence-electron chi connectivity index (χ2n) is 5.42. The molecule has 0 radical (unpaired) electrons. The number of nitrogens with zero attached hydrogens (tertiary/aromatic N) is 1. The van der Waals surface area contributed by atoms with Crippen molar-refractivity contribution < 1.29 is 0 Å². The molecule has 0 aromatic carbocycles. The van der Waals surface area contributed by atoms with E-state index in [0.29, 0.717) is 5.54 Å². The molecule has 0 unspecified atom stereocenters. The van der Waals surface area contributed by atoms with Crippen molar-refractivity contribution in [3.63, 3.8) is 0 Å². The number of hydrogen-bond donors (Lipinski definition) is 0. The Morgan fingerprint density at radius 3 is 2.38 bits per heavy atom. The maximum absolute atomic E-state index is 2.57. The van der Waals surface area contributed by atoms with Crippen molar-refractivity contribution >= 4 is 0 Å². The van der Waals surface area contributed by atoms with Crippen molar-refractivity contribution in [2.45, 2.75) is 45.6 Å². The Labute approximate surface area is 81.8 Å². The predicted octanol–water partition coefficient (Wildman–Crippen LogP) is 2.83. The van der Waals surface area contributed by atoms with Crippen molar-refractivity contribution in [2.75, 3.05) is 13.1 Å². The van der Waals surface area contributed by atoms with Gasteiger partial charge in [-0.1, -0.05) is 11.6 Å². The van der Waals surface area contributed by atoms with Crippen LogP contribution in [0.5, 0.6) is 0 Å². The molecule has 0 atom stereocenters. The van der Waals surface area contributed by atoms with E-state index in [9.17, 15) is 0 Å². The third kappa shape index (κ3) is 2.14. The van der Waals surface area contributed by atoms with Gasteiger partial charge < -0.3 is 0 Å². The maximum Gasteiger partial charge on any atom is 0.0171 e. The van der Waals surface area contributed by atoms with Crippen LogP contribution < -0.4 is 0 Å². The Kier molecular flexibility index (Phi) is 2.23. The van der Waals surface area contributed by atoms with E-state index in [1.807, 2.05) is 0 Å². The molecule has 1 aliphatic carbocycles. The van der Waals surface area contributed by atoms with E-state index >= 15 is 0 Å². The zero-order valence-corrected chi connectivity index (χ0v) is 9.14. The minimum Gasteiger partial charge on any atom is -0.295 e. The highest BCUT2D eigenvalue weighted by Gasteiger charge is 2.30. The minimum atomic E-state index is 0.353. The molecule has 0 amide bonds. The van der Waals surface area contributed by atoms with Gasteiger partial charge in [0.15, 0.2) is 0 Å². The van der Waals surface area contributed by atoms with Gasteiger partial charge in [0.05, 0.1) is 0 Å². The summed E-state index contributed by atoms with van der Waals surface area (Å²) in [6, 6.07) is 0. The van der Waals surface area contributed by atoms with Gasteiger partial charge in [0.2, 0.25) is 0 Å². The molecule has 0 aromatic rings. The molecule has 74 valence electrons. The van der Waals surface area contributed by atoms with Gasteiger partial charge in [0, 0.05) is 18.6 Å². The summed E-state index contributed by atoms with van der Waals surface area (Å²) < 4.78 is 0. The zero-order chi connectivity index (χ0) is 9.47.